The lowest BCUT2D eigenvalue weighted by atomic mass is 10.1. The summed E-state index contributed by atoms with van der Waals surface area (Å²) in [7, 11) is 6.54. The van der Waals surface area contributed by atoms with Crippen molar-refractivity contribution in [2.75, 3.05) is 28.4 Å². The van der Waals surface area contributed by atoms with E-state index in [4.69, 9.17) is 18.9 Å². The Balaban J connectivity index is 1.69. The van der Waals surface area contributed by atoms with Crippen LogP contribution in [0, 0.1) is 0 Å². The molecule has 0 aliphatic rings. The third kappa shape index (κ3) is 5.23. The van der Waals surface area contributed by atoms with Crippen LogP contribution >= 0.6 is 0 Å². The molecular formula is C26H26O4. The predicted octanol–water partition coefficient (Wildman–Crippen LogP) is 6.06. The molecule has 0 spiro atoms. The highest BCUT2D eigenvalue weighted by atomic mass is 16.5. The summed E-state index contributed by atoms with van der Waals surface area (Å²) in [4.78, 5) is 0. The number of benzene rings is 3. The van der Waals surface area contributed by atoms with E-state index >= 15 is 0 Å². The van der Waals surface area contributed by atoms with Crippen molar-refractivity contribution in [3.63, 3.8) is 0 Å². The van der Waals surface area contributed by atoms with Gasteiger partial charge in [-0.1, -0.05) is 60.7 Å². The maximum Gasteiger partial charge on any atom is 0.161 e. The SMILES string of the molecule is COc1ccc(/C=C/c2ccc(/C=C/c3ccc(OC)c(OC)c3)cc2)cc1OC. The maximum atomic E-state index is 5.35. The van der Waals surface area contributed by atoms with Crippen LogP contribution in [0.15, 0.2) is 60.7 Å². The Bertz CT molecular complexity index is 949. The van der Waals surface area contributed by atoms with E-state index in [0.29, 0.717) is 0 Å². The van der Waals surface area contributed by atoms with Crippen LogP contribution < -0.4 is 18.9 Å². The predicted molar refractivity (Wildman–Crippen MR) is 123 cm³/mol. The van der Waals surface area contributed by atoms with Crippen LogP contribution in [0.3, 0.4) is 0 Å². The van der Waals surface area contributed by atoms with Crippen LogP contribution in [0.1, 0.15) is 22.3 Å². The first-order valence-electron chi connectivity index (χ1n) is 9.57. The number of rotatable bonds is 8. The molecule has 4 heteroatoms. The Hall–Kier alpha value is -3.66. The lowest BCUT2D eigenvalue weighted by Crippen LogP contribution is -1.90. The third-order valence-corrected chi connectivity index (χ3v) is 4.69. The van der Waals surface area contributed by atoms with Gasteiger partial charge in [0.15, 0.2) is 23.0 Å². The van der Waals surface area contributed by atoms with Crippen LogP contribution in [-0.2, 0) is 0 Å². The lowest BCUT2D eigenvalue weighted by Gasteiger charge is -2.07. The second-order valence-corrected chi connectivity index (χ2v) is 6.56. The summed E-state index contributed by atoms with van der Waals surface area (Å²) in [5.74, 6) is 2.88. The van der Waals surface area contributed by atoms with Gasteiger partial charge in [-0.3, -0.25) is 0 Å². The molecule has 0 aliphatic carbocycles. The van der Waals surface area contributed by atoms with Crippen LogP contribution in [-0.4, -0.2) is 28.4 Å². The number of hydrogen-bond donors (Lipinski definition) is 0. The molecule has 0 atom stereocenters. The van der Waals surface area contributed by atoms with E-state index in [9.17, 15) is 0 Å². The topological polar surface area (TPSA) is 36.9 Å². The van der Waals surface area contributed by atoms with Crippen LogP contribution in [0.5, 0.6) is 23.0 Å². The van der Waals surface area contributed by atoms with Gasteiger partial charge < -0.3 is 18.9 Å². The molecule has 154 valence electrons. The second kappa shape index (κ2) is 10.2. The number of methoxy groups -OCH3 is 4. The minimum atomic E-state index is 0.718. The Morgan fingerprint density at radius 2 is 0.700 bits per heavy atom. The highest BCUT2D eigenvalue weighted by molar-refractivity contribution is 5.74. The number of ether oxygens (including phenoxy) is 4. The first-order valence-corrected chi connectivity index (χ1v) is 9.57. The van der Waals surface area contributed by atoms with E-state index in [2.05, 4.69) is 48.6 Å². The van der Waals surface area contributed by atoms with E-state index in [-0.39, 0.29) is 0 Å². The van der Waals surface area contributed by atoms with Crippen molar-refractivity contribution in [1.29, 1.82) is 0 Å². The molecule has 30 heavy (non-hydrogen) atoms. The van der Waals surface area contributed by atoms with Crippen molar-refractivity contribution < 1.29 is 18.9 Å². The van der Waals surface area contributed by atoms with Crippen molar-refractivity contribution in [3.8, 4) is 23.0 Å². The van der Waals surface area contributed by atoms with Crippen molar-refractivity contribution in [1.82, 2.24) is 0 Å². The molecule has 3 aromatic carbocycles. The molecule has 0 bridgehead atoms. The van der Waals surface area contributed by atoms with E-state index in [0.717, 1.165) is 45.3 Å². The molecule has 0 N–H and O–H groups in total. The molecule has 0 amide bonds. The van der Waals surface area contributed by atoms with Crippen molar-refractivity contribution in [2.45, 2.75) is 0 Å². The van der Waals surface area contributed by atoms with Gasteiger partial charge in [0.2, 0.25) is 0 Å². The summed E-state index contributed by atoms with van der Waals surface area (Å²) in [6, 6.07) is 20.1. The van der Waals surface area contributed by atoms with Crippen LogP contribution in [0.2, 0.25) is 0 Å². The van der Waals surface area contributed by atoms with Gasteiger partial charge in [0.1, 0.15) is 0 Å². The van der Waals surface area contributed by atoms with Gasteiger partial charge in [0, 0.05) is 0 Å². The smallest absolute Gasteiger partial charge is 0.161 e. The van der Waals surface area contributed by atoms with Crippen LogP contribution in [0.4, 0.5) is 0 Å². The van der Waals surface area contributed by atoms with Gasteiger partial charge in [-0.2, -0.15) is 0 Å². The van der Waals surface area contributed by atoms with Gasteiger partial charge in [-0.25, -0.2) is 0 Å². The Kier molecular flexibility index (Phi) is 7.17. The Morgan fingerprint density at radius 1 is 0.400 bits per heavy atom. The molecule has 0 saturated carbocycles. The molecular weight excluding hydrogens is 376 g/mol. The first kappa shape index (κ1) is 21.1. The fraction of sp³-hybridized carbons (Fsp3) is 0.154. The van der Waals surface area contributed by atoms with E-state index in [1.165, 1.54) is 0 Å². The molecule has 4 nitrogen and oxygen atoms in total. The average molecular weight is 402 g/mol. The summed E-state index contributed by atoms with van der Waals surface area (Å²) in [5, 5.41) is 0. The van der Waals surface area contributed by atoms with E-state index < -0.39 is 0 Å². The molecule has 0 unspecified atom stereocenters. The molecule has 0 saturated heterocycles. The summed E-state index contributed by atoms with van der Waals surface area (Å²) in [6.45, 7) is 0. The monoisotopic (exact) mass is 402 g/mol. The zero-order valence-electron chi connectivity index (χ0n) is 17.7. The highest BCUT2D eigenvalue weighted by Gasteiger charge is 2.03. The molecule has 0 heterocycles. The molecule has 3 aromatic rings. The quantitative estimate of drug-likeness (QED) is 0.429. The first-order chi connectivity index (χ1) is 14.7. The van der Waals surface area contributed by atoms with Gasteiger partial charge in [0.25, 0.3) is 0 Å². The Labute approximate surface area is 178 Å². The molecule has 0 aromatic heterocycles. The molecule has 0 aliphatic heterocycles. The van der Waals surface area contributed by atoms with E-state index in [1.54, 1.807) is 28.4 Å². The van der Waals surface area contributed by atoms with Gasteiger partial charge in [-0.15, -0.1) is 0 Å². The van der Waals surface area contributed by atoms with Gasteiger partial charge in [0.05, 0.1) is 28.4 Å². The molecule has 3 rings (SSSR count). The van der Waals surface area contributed by atoms with E-state index in [1.807, 2.05) is 36.4 Å². The second-order valence-electron chi connectivity index (χ2n) is 6.56. The Morgan fingerprint density at radius 3 is 1.03 bits per heavy atom. The molecule has 0 fully saturated rings. The summed E-state index contributed by atoms with van der Waals surface area (Å²) in [6.07, 6.45) is 8.25. The largest absolute Gasteiger partial charge is 0.493 e. The average Bonchev–Trinajstić information content (AvgIpc) is 2.81. The summed E-state index contributed by atoms with van der Waals surface area (Å²) in [5.41, 5.74) is 4.33. The van der Waals surface area contributed by atoms with Gasteiger partial charge in [-0.05, 0) is 46.5 Å². The minimum absolute atomic E-state index is 0.718. The van der Waals surface area contributed by atoms with Crippen molar-refractivity contribution in [2.24, 2.45) is 0 Å². The number of hydrogen-bond acceptors (Lipinski definition) is 4. The summed E-state index contributed by atoms with van der Waals surface area (Å²) < 4.78 is 21.3. The fourth-order valence-corrected chi connectivity index (χ4v) is 3.02. The van der Waals surface area contributed by atoms with Gasteiger partial charge >= 0.3 is 0 Å². The fourth-order valence-electron chi connectivity index (χ4n) is 3.02. The van der Waals surface area contributed by atoms with Crippen molar-refractivity contribution in [3.05, 3.63) is 82.9 Å². The normalized spacial score (nSPS) is 11.1. The minimum Gasteiger partial charge on any atom is -0.493 e. The molecule has 0 radical (unpaired) electrons. The van der Waals surface area contributed by atoms with Crippen LogP contribution in [0.25, 0.3) is 24.3 Å². The lowest BCUT2D eigenvalue weighted by molar-refractivity contribution is 0.355. The third-order valence-electron chi connectivity index (χ3n) is 4.69. The maximum absolute atomic E-state index is 5.35. The zero-order chi connectivity index (χ0) is 21.3. The standard InChI is InChI=1S/C26H26O4/c1-27-23-15-13-21(17-25(23)29-3)11-9-19-5-7-20(8-6-19)10-12-22-14-16-24(28-2)26(18-22)30-4/h5-18H,1-4H3/b11-9+,12-10+. The summed E-state index contributed by atoms with van der Waals surface area (Å²) >= 11 is 0. The van der Waals surface area contributed by atoms with Crippen molar-refractivity contribution >= 4 is 24.3 Å². The zero-order valence-corrected chi connectivity index (χ0v) is 17.7. The highest BCUT2D eigenvalue weighted by Crippen LogP contribution is 2.29.